The van der Waals surface area contributed by atoms with Gasteiger partial charge in [0.2, 0.25) is 0 Å². The minimum Gasteiger partial charge on any atom is -0.357 e. The fraction of sp³-hybridized carbons (Fsp3) is 0.350. The van der Waals surface area contributed by atoms with Gasteiger partial charge in [-0.2, -0.15) is 13.2 Å². The first-order valence-corrected chi connectivity index (χ1v) is 11.2. The summed E-state index contributed by atoms with van der Waals surface area (Å²) in [5, 5.41) is 5.98. The van der Waals surface area contributed by atoms with Crippen LogP contribution in [-0.4, -0.2) is 27.2 Å². The number of guanidine groups is 1. The standard InChI is InChI=1S/C20H23F4N3O2S/c1-3-25-19(26-11-14-4-7-17(8-5-14)20(22,23)24)27-12-16-10-18(21)9-6-15(16)13-30(2,28)29/h4-10H,3,11-13H2,1-2H3,(H2,25,26,27). The van der Waals surface area contributed by atoms with Crippen LogP contribution in [0, 0.1) is 5.82 Å². The molecule has 0 fully saturated rings. The lowest BCUT2D eigenvalue weighted by molar-refractivity contribution is -0.137. The molecule has 0 atom stereocenters. The van der Waals surface area contributed by atoms with Crippen LogP contribution in [0.4, 0.5) is 17.6 Å². The Morgan fingerprint density at radius 1 is 1.03 bits per heavy atom. The topological polar surface area (TPSA) is 70.6 Å². The van der Waals surface area contributed by atoms with Crippen molar-refractivity contribution < 1.29 is 26.0 Å². The Bertz CT molecular complexity index is 988. The van der Waals surface area contributed by atoms with Gasteiger partial charge in [0.25, 0.3) is 0 Å². The molecule has 0 amide bonds. The largest absolute Gasteiger partial charge is 0.416 e. The zero-order chi connectivity index (χ0) is 22.4. The molecular weight excluding hydrogens is 422 g/mol. The molecule has 0 spiro atoms. The molecule has 0 aliphatic carbocycles. The van der Waals surface area contributed by atoms with Crippen LogP contribution in [0.25, 0.3) is 0 Å². The molecular formula is C20H23F4N3O2S. The smallest absolute Gasteiger partial charge is 0.357 e. The van der Waals surface area contributed by atoms with Crippen molar-refractivity contribution in [3.05, 3.63) is 70.5 Å². The van der Waals surface area contributed by atoms with E-state index >= 15 is 0 Å². The molecule has 0 aromatic heterocycles. The van der Waals surface area contributed by atoms with Crippen molar-refractivity contribution >= 4 is 15.8 Å². The minimum absolute atomic E-state index is 0.126. The van der Waals surface area contributed by atoms with Gasteiger partial charge < -0.3 is 10.6 Å². The summed E-state index contributed by atoms with van der Waals surface area (Å²) >= 11 is 0. The van der Waals surface area contributed by atoms with E-state index in [4.69, 9.17) is 0 Å². The lowest BCUT2D eigenvalue weighted by Gasteiger charge is -2.14. The molecule has 10 heteroatoms. The number of benzene rings is 2. The molecule has 2 aromatic carbocycles. The van der Waals surface area contributed by atoms with Crippen LogP contribution in [0.3, 0.4) is 0 Å². The maximum Gasteiger partial charge on any atom is 0.416 e. The Balaban J connectivity index is 2.12. The Morgan fingerprint density at radius 3 is 2.27 bits per heavy atom. The number of aliphatic imine (C=N–C) groups is 1. The monoisotopic (exact) mass is 445 g/mol. The zero-order valence-electron chi connectivity index (χ0n) is 16.6. The first-order valence-electron chi connectivity index (χ1n) is 9.11. The van der Waals surface area contributed by atoms with Crippen molar-refractivity contribution in [2.45, 2.75) is 31.9 Å². The molecule has 164 valence electrons. The molecule has 0 radical (unpaired) electrons. The van der Waals surface area contributed by atoms with Crippen molar-refractivity contribution in [2.24, 2.45) is 4.99 Å². The Kier molecular flexibility index (Phi) is 7.83. The SMILES string of the molecule is CCNC(=NCc1ccc(C(F)(F)F)cc1)NCc1cc(F)ccc1CS(C)(=O)=O. The molecule has 0 saturated heterocycles. The second kappa shape index (κ2) is 9.92. The van der Waals surface area contributed by atoms with E-state index in [-0.39, 0.29) is 18.8 Å². The average Bonchev–Trinajstić information content (AvgIpc) is 2.64. The minimum atomic E-state index is -4.40. The molecule has 2 aromatic rings. The number of hydrogen-bond acceptors (Lipinski definition) is 3. The van der Waals surface area contributed by atoms with E-state index in [0.29, 0.717) is 29.2 Å². The van der Waals surface area contributed by atoms with Gasteiger partial charge in [-0.15, -0.1) is 0 Å². The second-order valence-corrected chi connectivity index (χ2v) is 8.87. The van der Waals surface area contributed by atoms with Crippen LogP contribution < -0.4 is 10.6 Å². The quantitative estimate of drug-likeness (QED) is 0.388. The van der Waals surface area contributed by atoms with Gasteiger partial charge in [0.15, 0.2) is 15.8 Å². The van der Waals surface area contributed by atoms with E-state index in [0.717, 1.165) is 18.4 Å². The Morgan fingerprint density at radius 2 is 1.70 bits per heavy atom. The number of hydrogen-bond donors (Lipinski definition) is 2. The highest BCUT2D eigenvalue weighted by Gasteiger charge is 2.29. The zero-order valence-corrected chi connectivity index (χ0v) is 17.4. The van der Waals surface area contributed by atoms with Gasteiger partial charge in [-0.3, -0.25) is 0 Å². The highest BCUT2D eigenvalue weighted by molar-refractivity contribution is 7.89. The third-order valence-corrected chi connectivity index (χ3v) is 4.91. The van der Waals surface area contributed by atoms with Gasteiger partial charge >= 0.3 is 6.18 Å². The number of rotatable bonds is 7. The number of sulfone groups is 1. The van der Waals surface area contributed by atoms with E-state index in [1.54, 1.807) is 0 Å². The molecule has 30 heavy (non-hydrogen) atoms. The fourth-order valence-electron chi connectivity index (χ4n) is 2.67. The lowest BCUT2D eigenvalue weighted by atomic mass is 10.1. The third kappa shape index (κ3) is 7.66. The summed E-state index contributed by atoms with van der Waals surface area (Å²) in [6.07, 6.45) is -3.30. The molecule has 2 N–H and O–H groups in total. The van der Waals surface area contributed by atoms with Crippen LogP contribution in [0.2, 0.25) is 0 Å². The van der Waals surface area contributed by atoms with E-state index in [1.807, 2.05) is 6.92 Å². The van der Waals surface area contributed by atoms with Gasteiger partial charge in [0.05, 0.1) is 17.9 Å². The maximum atomic E-state index is 13.6. The summed E-state index contributed by atoms with van der Waals surface area (Å²) in [5.41, 5.74) is 0.805. The molecule has 0 heterocycles. The van der Waals surface area contributed by atoms with Crippen molar-refractivity contribution in [1.29, 1.82) is 0 Å². The van der Waals surface area contributed by atoms with Crippen molar-refractivity contribution in [2.75, 3.05) is 12.8 Å². The normalized spacial score (nSPS) is 12.7. The van der Waals surface area contributed by atoms with Gasteiger partial charge in [-0.1, -0.05) is 18.2 Å². The maximum absolute atomic E-state index is 13.6. The average molecular weight is 445 g/mol. The Labute approximate surface area is 173 Å². The van der Waals surface area contributed by atoms with Crippen molar-refractivity contribution in [3.63, 3.8) is 0 Å². The number of halogens is 4. The summed E-state index contributed by atoms with van der Waals surface area (Å²) < 4.78 is 74.8. The molecule has 0 aliphatic heterocycles. The number of alkyl halides is 3. The highest BCUT2D eigenvalue weighted by Crippen LogP contribution is 2.29. The van der Waals surface area contributed by atoms with E-state index in [1.165, 1.54) is 30.3 Å². The molecule has 2 rings (SSSR count). The van der Waals surface area contributed by atoms with E-state index in [9.17, 15) is 26.0 Å². The Hall–Kier alpha value is -2.62. The van der Waals surface area contributed by atoms with Crippen LogP contribution in [-0.2, 0) is 34.9 Å². The van der Waals surface area contributed by atoms with Crippen molar-refractivity contribution in [3.8, 4) is 0 Å². The molecule has 0 saturated carbocycles. The fourth-order valence-corrected chi connectivity index (χ4v) is 3.52. The van der Waals surface area contributed by atoms with E-state index < -0.39 is 27.4 Å². The van der Waals surface area contributed by atoms with Gasteiger partial charge in [0.1, 0.15) is 5.82 Å². The van der Waals surface area contributed by atoms with Gasteiger partial charge in [-0.25, -0.2) is 17.8 Å². The molecule has 5 nitrogen and oxygen atoms in total. The van der Waals surface area contributed by atoms with Crippen LogP contribution >= 0.6 is 0 Å². The second-order valence-electron chi connectivity index (χ2n) is 6.73. The molecule has 0 bridgehead atoms. The van der Waals surface area contributed by atoms with Gasteiger partial charge in [0, 0.05) is 19.3 Å². The summed E-state index contributed by atoms with van der Waals surface area (Å²) in [5.74, 6) is -0.341. The van der Waals surface area contributed by atoms with Crippen molar-refractivity contribution in [1.82, 2.24) is 10.6 Å². The summed E-state index contributed by atoms with van der Waals surface area (Å²) in [7, 11) is -3.30. The number of nitrogens with zero attached hydrogens (tertiary/aromatic N) is 1. The highest BCUT2D eigenvalue weighted by atomic mass is 32.2. The predicted molar refractivity (Wildman–Crippen MR) is 108 cm³/mol. The number of nitrogens with one attached hydrogen (secondary N) is 2. The summed E-state index contributed by atoms with van der Waals surface area (Å²) in [6, 6.07) is 8.59. The summed E-state index contributed by atoms with van der Waals surface area (Å²) in [4.78, 5) is 4.32. The summed E-state index contributed by atoms with van der Waals surface area (Å²) in [6.45, 7) is 2.62. The first-order chi connectivity index (χ1) is 14.0. The third-order valence-electron chi connectivity index (χ3n) is 4.08. The van der Waals surface area contributed by atoms with Crippen LogP contribution in [0.5, 0.6) is 0 Å². The van der Waals surface area contributed by atoms with Crippen LogP contribution in [0.15, 0.2) is 47.5 Å². The van der Waals surface area contributed by atoms with Crippen LogP contribution in [0.1, 0.15) is 29.2 Å². The lowest BCUT2D eigenvalue weighted by Crippen LogP contribution is -2.37. The first kappa shape index (κ1) is 23.7. The van der Waals surface area contributed by atoms with E-state index in [2.05, 4.69) is 15.6 Å². The molecule has 0 aliphatic rings. The van der Waals surface area contributed by atoms with Gasteiger partial charge in [-0.05, 0) is 47.9 Å². The molecule has 0 unspecified atom stereocenters. The predicted octanol–water partition coefficient (Wildman–Crippen LogP) is 3.64.